The molecule has 1 saturated heterocycles. The van der Waals surface area contributed by atoms with Crippen LogP contribution in [0.5, 0.6) is 0 Å². The van der Waals surface area contributed by atoms with Crippen molar-refractivity contribution in [2.45, 2.75) is 20.3 Å². The minimum atomic E-state index is -0.875. The number of amides is 1. The second-order valence-electron chi connectivity index (χ2n) is 6.34. The van der Waals surface area contributed by atoms with Crippen LogP contribution in [0.4, 0.5) is 0 Å². The monoisotopic (exact) mass is 313 g/mol. The van der Waals surface area contributed by atoms with Crippen LogP contribution in [0.2, 0.25) is 0 Å². The number of carbonyl (C=O) groups excluding carboxylic acids is 1. The SMILES string of the molecule is CC(C)C1(C(=O)O)CCN(C(=O)c2cnc3ccccc3n2)C1. The summed E-state index contributed by atoms with van der Waals surface area (Å²) in [5, 5.41) is 9.58. The maximum atomic E-state index is 12.7. The van der Waals surface area contributed by atoms with Gasteiger partial charge in [0.2, 0.25) is 0 Å². The summed E-state index contributed by atoms with van der Waals surface area (Å²) in [5.41, 5.74) is 0.770. The maximum Gasteiger partial charge on any atom is 0.311 e. The predicted molar refractivity (Wildman–Crippen MR) is 85.0 cm³/mol. The maximum absolute atomic E-state index is 12.7. The Kier molecular flexibility index (Phi) is 3.75. The molecule has 1 aromatic carbocycles. The largest absolute Gasteiger partial charge is 0.481 e. The molecule has 0 spiro atoms. The van der Waals surface area contributed by atoms with Gasteiger partial charge in [0.05, 0.1) is 22.6 Å². The van der Waals surface area contributed by atoms with Crippen molar-refractivity contribution in [2.24, 2.45) is 11.3 Å². The fourth-order valence-electron chi connectivity index (χ4n) is 3.12. The Morgan fingerprint density at radius 1 is 1.26 bits per heavy atom. The van der Waals surface area contributed by atoms with Crippen LogP contribution >= 0.6 is 0 Å². The zero-order chi connectivity index (χ0) is 16.6. The van der Waals surface area contributed by atoms with Crippen molar-refractivity contribution in [1.29, 1.82) is 0 Å². The predicted octanol–water partition coefficient (Wildman–Crippen LogP) is 2.20. The molecule has 0 saturated carbocycles. The third-order valence-corrected chi connectivity index (χ3v) is 4.79. The Hall–Kier alpha value is -2.50. The minimum absolute atomic E-state index is 0.0412. The molecule has 23 heavy (non-hydrogen) atoms. The highest BCUT2D eigenvalue weighted by Gasteiger charge is 2.48. The fraction of sp³-hybridized carbons (Fsp3) is 0.412. The first-order chi connectivity index (χ1) is 10.9. The van der Waals surface area contributed by atoms with Gasteiger partial charge in [0, 0.05) is 13.1 Å². The summed E-state index contributed by atoms with van der Waals surface area (Å²) in [5.74, 6) is -1.14. The fourth-order valence-corrected chi connectivity index (χ4v) is 3.12. The molecule has 1 unspecified atom stereocenters. The number of fused-ring (bicyclic) bond motifs is 1. The van der Waals surface area contributed by atoms with Crippen molar-refractivity contribution in [3.63, 3.8) is 0 Å². The summed E-state index contributed by atoms with van der Waals surface area (Å²) < 4.78 is 0. The van der Waals surface area contributed by atoms with Crippen molar-refractivity contribution in [2.75, 3.05) is 13.1 Å². The summed E-state index contributed by atoms with van der Waals surface area (Å²) >= 11 is 0. The minimum Gasteiger partial charge on any atom is -0.481 e. The van der Waals surface area contributed by atoms with Crippen LogP contribution in [0, 0.1) is 11.3 Å². The highest BCUT2D eigenvalue weighted by molar-refractivity contribution is 5.94. The van der Waals surface area contributed by atoms with E-state index in [-0.39, 0.29) is 24.1 Å². The van der Waals surface area contributed by atoms with Gasteiger partial charge in [0.15, 0.2) is 0 Å². The molecular formula is C17H19N3O3. The number of nitrogens with zero attached hydrogens (tertiary/aromatic N) is 3. The summed E-state index contributed by atoms with van der Waals surface area (Å²) in [6.45, 7) is 4.42. The summed E-state index contributed by atoms with van der Waals surface area (Å²) in [4.78, 5) is 34.5. The lowest BCUT2D eigenvalue weighted by molar-refractivity contribution is -0.150. The standard InChI is InChI=1S/C17H19N3O3/c1-11(2)17(16(22)23)7-8-20(10-17)15(21)14-9-18-12-5-3-4-6-13(12)19-14/h3-6,9,11H,7-8,10H2,1-2H3,(H,22,23). The molecule has 6 nitrogen and oxygen atoms in total. The smallest absolute Gasteiger partial charge is 0.311 e. The highest BCUT2D eigenvalue weighted by Crippen LogP contribution is 2.38. The van der Waals surface area contributed by atoms with Crippen LogP contribution in [-0.4, -0.2) is 44.9 Å². The molecule has 3 rings (SSSR count). The van der Waals surface area contributed by atoms with E-state index < -0.39 is 11.4 Å². The molecule has 1 aromatic heterocycles. The van der Waals surface area contributed by atoms with Gasteiger partial charge in [-0.15, -0.1) is 0 Å². The van der Waals surface area contributed by atoms with E-state index in [9.17, 15) is 14.7 Å². The van der Waals surface area contributed by atoms with E-state index in [4.69, 9.17) is 0 Å². The van der Waals surface area contributed by atoms with E-state index in [1.165, 1.54) is 6.20 Å². The van der Waals surface area contributed by atoms with Gasteiger partial charge in [-0.05, 0) is 24.5 Å². The first-order valence-electron chi connectivity index (χ1n) is 7.68. The van der Waals surface area contributed by atoms with Crippen LogP contribution in [0.25, 0.3) is 11.0 Å². The van der Waals surface area contributed by atoms with Crippen LogP contribution in [0.1, 0.15) is 30.8 Å². The van der Waals surface area contributed by atoms with Gasteiger partial charge in [0.1, 0.15) is 5.69 Å². The molecule has 6 heteroatoms. The number of aliphatic carboxylic acids is 1. The summed E-state index contributed by atoms with van der Waals surface area (Å²) in [6, 6.07) is 7.34. The number of likely N-dealkylation sites (tertiary alicyclic amines) is 1. The molecule has 1 aliphatic rings. The van der Waals surface area contributed by atoms with Gasteiger partial charge in [-0.3, -0.25) is 14.6 Å². The van der Waals surface area contributed by atoms with E-state index in [2.05, 4.69) is 9.97 Å². The molecule has 1 N–H and O–H groups in total. The topological polar surface area (TPSA) is 83.4 Å². The van der Waals surface area contributed by atoms with E-state index >= 15 is 0 Å². The van der Waals surface area contributed by atoms with Gasteiger partial charge in [0.25, 0.3) is 5.91 Å². The number of aromatic nitrogens is 2. The average Bonchev–Trinajstić information content (AvgIpc) is 3.00. The van der Waals surface area contributed by atoms with E-state index in [1.807, 2.05) is 32.0 Å². The Labute approximate surface area is 134 Å². The lowest BCUT2D eigenvalue weighted by Gasteiger charge is -2.28. The van der Waals surface area contributed by atoms with Gasteiger partial charge in [-0.2, -0.15) is 0 Å². The molecule has 1 aliphatic heterocycles. The molecule has 1 atom stereocenters. The van der Waals surface area contributed by atoms with Crippen LogP contribution in [0.15, 0.2) is 30.5 Å². The summed E-state index contributed by atoms with van der Waals surface area (Å²) in [7, 11) is 0. The molecule has 120 valence electrons. The van der Waals surface area contributed by atoms with Crippen molar-refractivity contribution < 1.29 is 14.7 Å². The lowest BCUT2D eigenvalue weighted by atomic mass is 9.76. The number of rotatable bonds is 3. The first-order valence-corrected chi connectivity index (χ1v) is 7.68. The Bertz CT molecular complexity index is 775. The molecular weight excluding hydrogens is 294 g/mol. The van der Waals surface area contributed by atoms with Crippen molar-refractivity contribution in [3.05, 3.63) is 36.2 Å². The Morgan fingerprint density at radius 3 is 2.57 bits per heavy atom. The number of carbonyl (C=O) groups is 2. The van der Waals surface area contributed by atoms with E-state index in [0.29, 0.717) is 18.5 Å². The van der Waals surface area contributed by atoms with Crippen molar-refractivity contribution in [3.8, 4) is 0 Å². The van der Waals surface area contributed by atoms with Gasteiger partial charge in [-0.1, -0.05) is 26.0 Å². The number of para-hydroxylation sites is 2. The van der Waals surface area contributed by atoms with Crippen LogP contribution < -0.4 is 0 Å². The Balaban J connectivity index is 1.87. The molecule has 0 radical (unpaired) electrons. The van der Waals surface area contributed by atoms with E-state index in [0.717, 1.165) is 5.52 Å². The Morgan fingerprint density at radius 2 is 1.96 bits per heavy atom. The molecule has 0 aliphatic carbocycles. The lowest BCUT2D eigenvalue weighted by Crippen LogP contribution is -2.40. The third-order valence-electron chi connectivity index (χ3n) is 4.79. The number of hydrogen-bond donors (Lipinski definition) is 1. The molecule has 0 bridgehead atoms. The molecule has 1 fully saturated rings. The number of carboxylic acids is 1. The van der Waals surface area contributed by atoms with Crippen molar-refractivity contribution >= 4 is 22.9 Å². The molecule has 2 aromatic rings. The van der Waals surface area contributed by atoms with Crippen molar-refractivity contribution in [1.82, 2.24) is 14.9 Å². The first kappa shape index (κ1) is 15.4. The van der Waals surface area contributed by atoms with Crippen LogP contribution in [-0.2, 0) is 4.79 Å². The number of benzene rings is 1. The second-order valence-corrected chi connectivity index (χ2v) is 6.34. The third kappa shape index (κ3) is 2.54. The highest BCUT2D eigenvalue weighted by atomic mass is 16.4. The number of carboxylic acid groups (broad SMARTS) is 1. The quantitative estimate of drug-likeness (QED) is 0.939. The number of hydrogen-bond acceptors (Lipinski definition) is 4. The summed E-state index contributed by atoms with van der Waals surface area (Å²) in [6.07, 6.45) is 1.92. The zero-order valence-corrected chi connectivity index (χ0v) is 13.2. The van der Waals surface area contributed by atoms with Gasteiger partial charge < -0.3 is 10.0 Å². The average molecular weight is 313 g/mol. The molecule has 1 amide bonds. The second kappa shape index (κ2) is 5.61. The van der Waals surface area contributed by atoms with Gasteiger partial charge in [-0.25, -0.2) is 4.98 Å². The van der Waals surface area contributed by atoms with Crippen LogP contribution in [0.3, 0.4) is 0 Å². The van der Waals surface area contributed by atoms with Gasteiger partial charge >= 0.3 is 5.97 Å². The zero-order valence-electron chi connectivity index (χ0n) is 13.2. The molecule has 2 heterocycles. The normalized spacial score (nSPS) is 21.1. The van der Waals surface area contributed by atoms with E-state index in [1.54, 1.807) is 11.0 Å².